The number of aromatic nitrogens is 3. The third kappa shape index (κ3) is 4.64. The molecule has 4 rings (SSSR count). The van der Waals surface area contributed by atoms with Gasteiger partial charge >= 0.3 is 11.8 Å². The number of rotatable bonds is 6. The Labute approximate surface area is 187 Å². The lowest BCUT2D eigenvalue weighted by atomic mass is 9.85. The molecule has 2 aromatic rings. The molecule has 8 nitrogen and oxygen atoms in total. The van der Waals surface area contributed by atoms with Gasteiger partial charge in [0, 0.05) is 20.0 Å². The van der Waals surface area contributed by atoms with Gasteiger partial charge in [-0.05, 0) is 48.3 Å². The van der Waals surface area contributed by atoms with Crippen molar-refractivity contribution in [3.63, 3.8) is 0 Å². The Bertz CT molecular complexity index is 1140. The summed E-state index contributed by atoms with van der Waals surface area (Å²) in [4.78, 5) is 42.9. The van der Waals surface area contributed by atoms with E-state index in [-0.39, 0.29) is 29.4 Å². The minimum absolute atomic E-state index is 0.00971. The third-order valence-electron chi connectivity index (χ3n) is 6.19. The summed E-state index contributed by atoms with van der Waals surface area (Å²) in [6, 6.07) is 3.99. The number of fused-ring (bicyclic) bond motifs is 1. The molecule has 0 radical (unpaired) electrons. The zero-order chi connectivity index (χ0) is 23.0. The van der Waals surface area contributed by atoms with E-state index in [0.717, 1.165) is 36.0 Å². The van der Waals surface area contributed by atoms with Crippen molar-refractivity contribution in [1.29, 1.82) is 0 Å². The highest BCUT2D eigenvalue weighted by molar-refractivity contribution is 5.84. The smallest absolute Gasteiger partial charge is 0.410 e. The van der Waals surface area contributed by atoms with Crippen LogP contribution < -0.4 is 5.69 Å². The molecule has 1 aliphatic heterocycles. The third-order valence-corrected chi connectivity index (χ3v) is 6.19. The first-order chi connectivity index (χ1) is 15.1. The molecule has 2 aliphatic rings. The van der Waals surface area contributed by atoms with E-state index in [2.05, 4.69) is 26.8 Å². The highest BCUT2D eigenvalue weighted by Crippen LogP contribution is 2.32. The average Bonchev–Trinajstić information content (AvgIpc) is 3.23. The van der Waals surface area contributed by atoms with Crippen LogP contribution in [0.4, 0.5) is 4.79 Å². The van der Waals surface area contributed by atoms with Crippen LogP contribution in [0.15, 0.2) is 23.0 Å². The molecular formula is C24H32N4O4. The van der Waals surface area contributed by atoms with Crippen molar-refractivity contribution in [1.82, 2.24) is 19.0 Å². The van der Waals surface area contributed by atoms with Gasteiger partial charge in [-0.2, -0.15) is 0 Å². The molecular weight excluding hydrogens is 408 g/mol. The number of carbonyl (C=O) groups is 2. The zero-order valence-corrected chi connectivity index (χ0v) is 19.4. The van der Waals surface area contributed by atoms with Crippen molar-refractivity contribution < 1.29 is 14.3 Å². The first-order valence-corrected chi connectivity index (χ1v) is 11.3. The Balaban J connectivity index is 1.45. The fraction of sp³-hybridized carbons (Fsp3) is 0.583. The number of nitrogens with zero attached hydrogens (tertiary/aromatic N) is 4. The highest BCUT2D eigenvalue weighted by atomic mass is 16.6. The normalized spacial score (nSPS) is 19.4. The number of imidazole rings is 1. The number of carbonyl (C=O) groups excluding carboxylic acids is 2. The number of allylic oxidation sites excluding steroid dienone is 2. The summed E-state index contributed by atoms with van der Waals surface area (Å²) < 4.78 is 8.31. The fourth-order valence-corrected chi connectivity index (χ4v) is 4.55. The van der Waals surface area contributed by atoms with E-state index in [0.29, 0.717) is 31.8 Å². The van der Waals surface area contributed by atoms with E-state index >= 15 is 0 Å². The van der Waals surface area contributed by atoms with Crippen LogP contribution >= 0.6 is 0 Å². The summed E-state index contributed by atoms with van der Waals surface area (Å²) in [6.45, 7) is 7.99. The maximum Gasteiger partial charge on any atom is 0.410 e. The molecule has 3 heterocycles. The Morgan fingerprint density at radius 3 is 2.66 bits per heavy atom. The van der Waals surface area contributed by atoms with Crippen molar-refractivity contribution in [2.24, 2.45) is 18.4 Å². The average molecular weight is 441 g/mol. The summed E-state index contributed by atoms with van der Waals surface area (Å²) in [5.74, 6) is 0.367. The van der Waals surface area contributed by atoms with Gasteiger partial charge in [0.1, 0.15) is 6.61 Å². The molecule has 0 aromatic carbocycles. The van der Waals surface area contributed by atoms with Crippen LogP contribution in [0.5, 0.6) is 0 Å². The minimum Gasteiger partial charge on any atom is -0.448 e. The maximum atomic E-state index is 12.8. The SMILES string of the molecule is Cn1c(=O)n(CC(C)(C)C)c2ccc(C3=CCC(CC(=O)CN4CCOC4=O)CC3)nc21. The van der Waals surface area contributed by atoms with Crippen LogP contribution in [0, 0.1) is 11.3 Å². The number of aryl methyl sites for hydroxylation is 1. The summed E-state index contributed by atoms with van der Waals surface area (Å²) >= 11 is 0. The molecule has 0 saturated carbocycles. The monoisotopic (exact) mass is 440 g/mol. The molecule has 2 aromatic heterocycles. The van der Waals surface area contributed by atoms with Gasteiger partial charge in [0.15, 0.2) is 11.4 Å². The van der Waals surface area contributed by atoms with Crippen molar-refractivity contribution in [2.45, 2.75) is 53.0 Å². The zero-order valence-electron chi connectivity index (χ0n) is 19.4. The lowest BCUT2D eigenvalue weighted by Crippen LogP contribution is -2.31. The van der Waals surface area contributed by atoms with Gasteiger partial charge in [-0.25, -0.2) is 14.6 Å². The number of Topliss-reactive ketones (excluding diaryl/α,β-unsaturated/α-hetero) is 1. The van der Waals surface area contributed by atoms with Gasteiger partial charge in [-0.15, -0.1) is 0 Å². The highest BCUT2D eigenvalue weighted by Gasteiger charge is 2.26. The predicted octanol–water partition coefficient (Wildman–Crippen LogP) is 3.38. The predicted molar refractivity (Wildman–Crippen MR) is 122 cm³/mol. The van der Waals surface area contributed by atoms with Crippen LogP contribution in [0.25, 0.3) is 16.7 Å². The van der Waals surface area contributed by atoms with Crippen molar-refractivity contribution in [3.8, 4) is 0 Å². The quantitative estimate of drug-likeness (QED) is 0.687. The van der Waals surface area contributed by atoms with E-state index in [1.54, 1.807) is 16.2 Å². The second-order valence-electron chi connectivity index (χ2n) is 10.2. The van der Waals surface area contributed by atoms with Gasteiger partial charge in [0.05, 0.1) is 24.3 Å². The number of ketones is 1. The number of hydrogen-bond donors (Lipinski definition) is 0. The fourth-order valence-electron chi connectivity index (χ4n) is 4.55. The summed E-state index contributed by atoms with van der Waals surface area (Å²) in [5.41, 5.74) is 3.56. The van der Waals surface area contributed by atoms with Crippen LogP contribution in [-0.4, -0.2) is 50.6 Å². The molecule has 1 aliphatic carbocycles. The Morgan fingerprint density at radius 1 is 1.25 bits per heavy atom. The molecule has 32 heavy (non-hydrogen) atoms. The Kier molecular flexibility index (Phi) is 5.97. The molecule has 0 bridgehead atoms. The largest absolute Gasteiger partial charge is 0.448 e. The number of amides is 1. The topological polar surface area (TPSA) is 86.4 Å². The number of cyclic esters (lactones) is 1. The number of pyridine rings is 1. The van der Waals surface area contributed by atoms with Gasteiger partial charge in [-0.1, -0.05) is 26.8 Å². The second kappa shape index (κ2) is 8.56. The lowest BCUT2D eigenvalue weighted by Gasteiger charge is -2.22. The van der Waals surface area contributed by atoms with Gasteiger partial charge in [0.25, 0.3) is 0 Å². The lowest BCUT2D eigenvalue weighted by molar-refractivity contribution is -0.120. The van der Waals surface area contributed by atoms with Gasteiger partial charge < -0.3 is 4.74 Å². The maximum absolute atomic E-state index is 12.8. The Hall–Kier alpha value is -2.90. The molecule has 8 heteroatoms. The molecule has 0 N–H and O–H groups in total. The van der Waals surface area contributed by atoms with Crippen LogP contribution in [0.3, 0.4) is 0 Å². The first-order valence-electron chi connectivity index (χ1n) is 11.3. The van der Waals surface area contributed by atoms with Crippen LogP contribution in [-0.2, 0) is 23.1 Å². The molecule has 1 saturated heterocycles. The van der Waals surface area contributed by atoms with E-state index in [1.807, 2.05) is 12.1 Å². The summed E-state index contributed by atoms with van der Waals surface area (Å²) in [5, 5.41) is 0. The minimum atomic E-state index is -0.392. The first kappa shape index (κ1) is 22.3. The van der Waals surface area contributed by atoms with E-state index in [1.165, 1.54) is 4.90 Å². The van der Waals surface area contributed by atoms with Crippen molar-refractivity contribution in [3.05, 3.63) is 34.4 Å². The standard InChI is InChI=1S/C24H32N4O4/c1-24(2,3)15-28-20-10-9-19(25-21(20)26(4)22(28)30)17-7-5-16(6-8-17)13-18(29)14-27-11-12-32-23(27)31/h7,9-10,16H,5-6,8,11-15H2,1-4H3. The van der Waals surface area contributed by atoms with Gasteiger partial charge in [-0.3, -0.25) is 18.8 Å². The second-order valence-corrected chi connectivity index (χ2v) is 10.2. The van der Waals surface area contributed by atoms with E-state index in [9.17, 15) is 14.4 Å². The molecule has 1 amide bonds. The van der Waals surface area contributed by atoms with Crippen LogP contribution in [0.2, 0.25) is 0 Å². The van der Waals surface area contributed by atoms with E-state index in [4.69, 9.17) is 9.72 Å². The van der Waals surface area contributed by atoms with Gasteiger partial charge in [0.2, 0.25) is 0 Å². The number of hydrogen-bond acceptors (Lipinski definition) is 5. The molecule has 1 fully saturated rings. The van der Waals surface area contributed by atoms with Crippen LogP contribution in [0.1, 0.15) is 52.1 Å². The van der Waals surface area contributed by atoms with E-state index < -0.39 is 6.09 Å². The summed E-state index contributed by atoms with van der Waals surface area (Å²) in [6.07, 6.45) is 4.82. The summed E-state index contributed by atoms with van der Waals surface area (Å²) in [7, 11) is 1.77. The molecule has 0 spiro atoms. The number of ether oxygens (including phenoxy) is 1. The Morgan fingerprint density at radius 2 is 2.03 bits per heavy atom. The molecule has 1 unspecified atom stereocenters. The molecule has 1 atom stereocenters. The van der Waals surface area contributed by atoms with Crippen molar-refractivity contribution >= 4 is 28.6 Å². The molecule has 172 valence electrons. The van der Waals surface area contributed by atoms with Crippen molar-refractivity contribution in [2.75, 3.05) is 19.7 Å².